The minimum atomic E-state index is -0.274. The fraction of sp³-hybridized carbons (Fsp3) is 0.348. The third-order valence-electron chi connectivity index (χ3n) is 6.07. The molecule has 164 valence electrons. The fourth-order valence-corrected chi connectivity index (χ4v) is 4.40. The highest BCUT2D eigenvalue weighted by Crippen LogP contribution is 2.33. The van der Waals surface area contributed by atoms with Crippen LogP contribution in [0.2, 0.25) is 0 Å². The molecule has 0 aliphatic carbocycles. The zero-order valence-corrected chi connectivity index (χ0v) is 17.6. The van der Waals surface area contributed by atoms with Crippen LogP contribution in [0.4, 0.5) is 4.79 Å². The number of ether oxygens (including phenoxy) is 1. The van der Waals surface area contributed by atoms with Crippen LogP contribution in [0.15, 0.2) is 60.7 Å². The molecule has 3 aromatic rings. The Morgan fingerprint density at radius 3 is 2.41 bits per heavy atom. The number of aromatic nitrogens is 4. The maximum Gasteiger partial charge on any atom is 0.410 e. The number of likely N-dealkylation sites (tertiary alicyclic amines) is 1. The van der Waals surface area contributed by atoms with E-state index in [9.17, 15) is 9.59 Å². The molecule has 0 N–H and O–H groups in total. The van der Waals surface area contributed by atoms with E-state index in [1.807, 2.05) is 65.6 Å². The quantitative estimate of drug-likeness (QED) is 0.615. The van der Waals surface area contributed by atoms with Crippen LogP contribution in [0.1, 0.15) is 24.4 Å². The summed E-state index contributed by atoms with van der Waals surface area (Å²) in [5.74, 6) is 0.445. The number of hydrogen-bond donors (Lipinski definition) is 0. The van der Waals surface area contributed by atoms with E-state index in [0.29, 0.717) is 38.4 Å². The van der Waals surface area contributed by atoms with Gasteiger partial charge in [0, 0.05) is 24.7 Å². The third-order valence-corrected chi connectivity index (χ3v) is 6.07. The van der Waals surface area contributed by atoms with Gasteiger partial charge < -0.3 is 9.64 Å². The highest BCUT2D eigenvalue weighted by Gasteiger charge is 2.40. The van der Waals surface area contributed by atoms with Crippen molar-refractivity contribution in [3.05, 3.63) is 66.2 Å². The maximum absolute atomic E-state index is 12.8. The minimum absolute atomic E-state index is 0.0445. The Morgan fingerprint density at radius 1 is 1.00 bits per heavy atom. The van der Waals surface area contributed by atoms with Gasteiger partial charge in [0.1, 0.15) is 13.2 Å². The molecule has 0 radical (unpaired) electrons. The highest BCUT2D eigenvalue weighted by molar-refractivity contribution is 5.76. The second-order valence-electron chi connectivity index (χ2n) is 8.03. The van der Waals surface area contributed by atoms with Crippen LogP contribution in [-0.2, 0) is 16.1 Å². The van der Waals surface area contributed by atoms with Crippen molar-refractivity contribution >= 4 is 12.0 Å². The van der Waals surface area contributed by atoms with Crippen LogP contribution in [0.5, 0.6) is 0 Å². The first-order valence-corrected chi connectivity index (χ1v) is 10.8. The van der Waals surface area contributed by atoms with Gasteiger partial charge in [-0.2, -0.15) is 4.80 Å². The number of nitrogens with zero attached hydrogens (tertiary/aromatic N) is 6. The van der Waals surface area contributed by atoms with Crippen LogP contribution in [0.3, 0.4) is 0 Å². The molecular weight excluding hydrogens is 408 g/mol. The van der Waals surface area contributed by atoms with Crippen LogP contribution < -0.4 is 0 Å². The van der Waals surface area contributed by atoms with E-state index in [1.54, 1.807) is 4.90 Å². The molecule has 5 rings (SSSR count). The van der Waals surface area contributed by atoms with Gasteiger partial charge in [0.25, 0.3) is 0 Å². The molecule has 0 bridgehead atoms. The standard InChI is InChI=1S/C23H24N6O3/c30-21(15-28-25-22(24-26-28)18-9-5-2-6-10-18)27-13-11-19(12-14-27)29-20(16-32-23(29)31)17-7-3-1-4-8-17/h1-10,19-20H,11-16H2/t20-/m0/s1. The first kappa shape index (κ1) is 20.2. The van der Waals surface area contributed by atoms with Crippen molar-refractivity contribution < 1.29 is 14.3 Å². The van der Waals surface area contributed by atoms with Crippen LogP contribution in [0.25, 0.3) is 11.4 Å². The monoisotopic (exact) mass is 432 g/mol. The Hall–Kier alpha value is -3.75. The third kappa shape index (κ3) is 4.05. The molecule has 2 aromatic carbocycles. The van der Waals surface area contributed by atoms with Crippen molar-refractivity contribution in [2.45, 2.75) is 31.5 Å². The predicted octanol–water partition coefficient (Wildman–Crippen LogP) is 2.52. The van der Waals surface area contributed by atoms with E-state index in [2.05, 4.69) is 15.4 Å². The Balaban J connectivity index is 1.19. The number of hydrogen-bond acceptors (Lipinski definition) is 6. The average molecular weight is 432 g/mol. The Morgan fingerprint density at radius 2 is 1.69 bits per heavy atom. The molecule has 2 aliphatic rings. The van der Waals surface area contributed by atoms with E-state index >= 15 is 0 Å². The maximum atomic E-state index is 12.8. The first-order valence-electron chi connectivity index (χ1n) is 10.8. The average Bonchev–Trinajstić information content (AvgIpc) is 3.47. The zero-order valence-electron chi connectivity index (χ0n) is 17.6. The predicted molar refractivity (Wildman–Crippen MR) is 115 cm³/mol. The molecule has 0 unspecified atom stereocenters. The van der Waals surface area contributed by atoms with Crippen molar-refractivity contribution in [2.75, 3.05) is 19.7 Å². The summed E-state index contributed by atoms with van der Waals surface area (Å²) in [4.78, 5) is 30.2. The summed E-state index contributed by atoms with van der Waals surface area (Å²) < 4.78 is 5.36. The Bertz CT molecular complexity index is 1080. The molecule has 3 heterocycles. The van der Waals surface area contributed by atoms with Gasteiger partial charge in [-0.05, 0) is 23.6 Å². The topological polar surface area (TPSA) is 93.5 Å². The van der Waals surface area contributed by atoms with E-state index in [4.69, 9.17) is 4.74 Å². The van der Waals surface area contributed by atoms with Crippen molar-refractivity contribution in [3.63, 3.8) is 0 Å². The highest BCUT2D eigenvalue weighted by atomic mass is 16.6. The van der Waals surface area contributed by atoms with Crippen molar-refractivity contribution in [1.29, 1.82) is 0 Å². The van der Waals surface area contributed by atoms with Gasteiger partial charge in [0.05, 0.1) is 6.04 Å². The molecule has 2 amide bonds. The zero-order chi connectivity index (χ0) is 21.9. The van der Waals surface area contributed by atoms with Gasteiger partial charge in [-0.15, -0.1) is 10.2 Å². The molecular formula is C23H24N6O3. The summed E-state index contributed by atoms with van der Waals surface area (Å²) in [7, 11) is 0. The molecule has 32 heavy (non-hydrogen) atoms. The van der Waals surface area contributed by atoms with E-state index in [0.717, 1.165) is 11.1 Å². The number of benzene rings is 2. The summed E-state index contributed by atoms with van der Waals surface area (Å²) in [6, 6.07) is 19.5. The van der Waals surface area contributed by atoms with Crippen LogP contribution >= 0.6 is 0 Å². The normalized spacial score (nSPS) is 19.2. The molecule has 2 fully saturated rings. The summed E-state index contributed by atoms with van der Waals surface area (Å²) in [5.41, 5.74) is 1.93. The van der Waals surface area contributed by atoms with E-state index in [1.165, 1.54) is 4.80 Å². The summed E-state index contributed by atoms with van der Waals surface area (Å²) in [6.07, 6.45) is 1.15. The second kappa shape index (κ2) is 8.78. The largest absolute Gasteiger partial charge is 0.447 e. The van der Waals surface area contributed by atoms with Gasteiger partial charge in [0.15, 0.2) is 0 Å². The molecule has 1 atom stereocenters. The first-order chi connectivity index (χ1) is 15.7. The van der Waals surface area contributed by atoms with Gasteiger partial charge in [0.2, 0.25) is 11.7 Å². The molecule has 0 saturated carbocycles. The Kier molecular flexibility index (Phi) is 5.53. The molecule has 2 saturated heterocycles. The second-order valence-corrected chi connectivity index (χ2v) is 8.03. The lowest BCUT2D eigenvalue weighted by Crippen LogP contribution is -2.48. The smallest absolute Gasteiger partial charge is 0.410 e. The SMILES string of the molecule is O=C(Cn1nnc(-c2ccccc2)n1)N1CCC(N2C(=O)OC[C@H]2c2ccccc2)CC1. The number of rotatable bonds is 5. The van der Waals surface area contributed by atoms with Crippen molar-refractivity contribution in [1.82, 2.24) is 30.0 Å². The fourth-order valence-electron chi connectivity index (χ4n) is 4.40. The number of piperidine rings is 1. The van der Waals surface area contributed by atoms with Crippen molar-refractivity contribution in [2.24, 2.45) is 0 Å². The van der Waals surface area contributed by atoms with Gasteiger partial charge in [-0.25, -0.2) is 4.79 Å². The lowest BCUT2D eigenvalue weighted by Gasteiger charge is -2.37. The van der Waals surface area contributed by atoms with E-state index < -0.39 is 0 Å². The summed E-state index contributed by atoms with van der Waals surface area (Å²) in [5, 5.41) is 12.4. The number of tetrazole rings is 1. The molecule has 0 spiro atoms. The number of carbonyl (C=O) groups excluding carboxylic acids is 2. The number of carbonyl (C=O) groups is 2. The minimum Gasteiger partial charge on any atom is -0.447 e. The van der Waals surface area contributed by atoms with Crippen LogP contribution in [-0.4, -0.2) is 67.7 Å². The molecule has 2 aliphatic heterocycles. The lowest BCUT2D eigenvalue weighted by molar-refractivity contribution is -0.133. The summed E-state index contributed by atoms with van der Waals surface area (Å²) >= 11 is 0. The lowest BCUT2D eigenvalue weighted by atomic mass is 9.99. The molecule has 1 aromatic heterocycles. The molecule has 9 nitrogen and oxygen atoms in total. The van der Waals surface area contributed by atoms with Crippen molar-refractivity contribution in [3.8, 4) is 11.4 Å². The van der Waals surface area contributed by atoms with Gasteiger partial charge >= 0.3 is 6.09 Å². The van der Waals surface area contributed by atoms with Crippen LogP contribution in [0, 0.1) is 0 Å². The molecule has 9 heteroatoms. The van der Waals surface area contributed by atoms with Gasteiger partial charge in [-0.1, -0.05) is 60.7 Å². The Labute approximate surface area is 185 Å². The summed E-state index contributed by atoms with van der Waals surface area (Å²) in [6.45, 7) is 1.57. The van der Waals surface area contributed by atoms with E-state index in [-0.39, 0.29) is 30.6 Å². The number of cyclic esters (lactones) is 1. The number of amides is 2. The van der Waals surface area contributed by atoms with Gasteiger partial charge in [-0.3, -0.25) is 9.69 Å².